The van der Waals surface area contributed by atoms with Crippen LogP contribution in [0.25, 0.3) is 11.4 Å². The lowest BCUT2D eigenvalue weighted by Crippen LogP contribution is -2.15. The number of methoxy groups -OCH3 is 1. The van der Waals surface area contributed by atoms with Gasteiger partial charge < -0.3 is 10.1 Å². The predicted molar refractivity (Wildman–Crippen MR) is 76.7 cm³/mol. The molecule has 0 aliphatic heterocycles. The third kappa shape index (κ3) is 4.52. The van der Waals surface area contributed by atoms with Gasteiger partial charge >= 0.3 is 6.18 Å². The molecule has 0 saturated carbocycles. The molecule has 2 N–H and O–H groups in total. The molecule has 1 amide bonds. The van der Waals surface area contributed by atoms with Gasteiger partial charge in [-0.2, -0.15) is 18.3 Å². The van der Waals surface area contributed by atoms with Crippen LogP contribution in [0.3, 0.4) is 0 Å². The van der Waals surface area contributed by atoms with Crippen LogP contribution in [0.5, 0.6) is 0 Å². The Morgan fingerprint density at radius 2 is 2.09 bits per heavy atom. The van der Waals surface area contributed by atoms with Gasteiger partial charge in [0, 0.05) is 18.4 Å². The second kappa shape index (κ2) is 6.78. The minimum atomic E-state index is -4.55. The number of aryl methyl sites for hydroxylation is 1. The van der Waals surface area contributed by atoms with Crippen LogP contribution >= 0.6 is 0 Å². The zero-order chi connectivity index (χ0) is 17.0. The second-order valence-electron chi connectivity index (χ2n) is 4.83. The number of hydrogen-bond acceptors (Lipinski definition) is 4. The van der Waals surface area contributed by atoms with Crippen molar-refractivity contribution in [1.29, 1.82) is 0 Å². The van der Waals surface area contributed by atoms with Gasteiger partial charge in [0.05, 0.1) is 18.6 Å². The van der Waals surface area contributed by atoms with Gasteiger partial charge in [-0.1, -0.05) is 0 Å². The molecular formula is C14H15F3N4O2. The summed E-state index contributed by atoms with van der Waals surface area (Å²) in [7, 11) is 1.43. The lowest BCUT2D eigenvalue weighted by Gasteiger charge is -2.12. The van der Waals surface area contributed by atoms with E-state index in [9.17, 15) is 18.0 Å². The first-order valence-electron chi connectivity index (χ1n) is 6.70. The monoisotopic (exact) mass is 328 g/mol. The van der Waals surface area contributed by atoms with Gasteiger partial charge in [0.25, 0.3) is 0 Å². The van der Waals surface area contributed by atoms with E-state index in [1.54, 1.807) is 6.92 Å². The van der Waals surface area contributed by atoms with E-state index < -0.39 is 17.6 Å². The summed E-state index contributed by atoms with van der Waals surface area (Å²) in [5.41, 5.74) is -0.705. The van der Waals surface area contributed by atoms with E-state index >= 15 is 0 Å². The maximum absolute atomic E-state index is 13.0. The number of alkyl halides is 3. The van der Waals surface area contributed by atoms with Gasteiger partial charge in [-0.05, 0) is 25.1 Å². The van der Waals surface area contributed by atoms with E-state index in [4.69, 9.17) is 4.74 Å². The van der Waals surface area contributed by atoms with Crippen molar-refractivity contribution in [1.82, 2.24) is 15.2 Å². The molecule has 0 spiro atoms. The van der Waals surface area contributed by atoms with Crippen LogP contribution in [0.1, 0.15) is 17.8 Å². The number of carbonyl (C=O) groups excluding carboxylic acids is 1. The molecule has 2 rings (SSSR count). The molecule has 9 heteroatoms. The second-order valence-corrected chi connectivity index (χ2v) is 4.83. The number of H-pyrrole nitrogens is 1. The van der Waals surface area contributed by atoms with E-state index in [0.717, 1.165) is 12.1 Å². The zero-order valence-corrected chi connectivity index (χ0v) is 12.5. The Hall–Kier alpha value is -2.42. The summed E-state index contributed by atoms with van der Waals surface area (Å²) in [4.78, 5) is 15.7. The topological polar surface area (TPSA) is 79.9 Å². The number of hydrogen-bond donors (Lipinski definition) is 2. The van der Waals surface area contributed by atoms with Crippen molar-refractivity contribution in [3.63, 3.8) is 0 Å². The van der Waals surface area contributed by atoms with Crippen molar-refractivity contribution in [3.05, 3.63) is 29.6 Å². The average Bonchev–Trinajstić information content (AvgIpc) is 2.90. The molecule has 1 heterocycles. The van der Waals surface area contributed by atoms with Crippen LogP contribution in [0.4, 0.5) is 18.9 Å². The fourth-order valence-electron chi connectivity index (χ4n) is 1.88. The van der Waals surface area contributed by atoms with E-state index in [1.807, 2.05) is 0 Å². The van der Waals surface area contributed by atoms with Crippen molar-refractivity contribution in [2.75, 3.05) is 19.0 Å². The zero-order valence-electron chi connectivity index (χ0n) is 12.5. The number of carbonyl (C=O) groups is 1. The van der Waals surface area contributed by atoms with Crippen molar-refractivity contribution in [2.45, 2.75) is 19.5 Å². The Kier molecular flexibility index (Phi) is 4.99. The molecule has 0 saturated heterocycles. The highest BCUT2D eigenvalue weighted by molar-refractivity contribution is 5.91. The molecular weight excluding hydrogens is 313 g/mol. The fraction of sp³-hybridized carbons (Fsp3) is 0.357. The number of rotatable bonds is 5. The number of ether oxygens (including phenoxy) is 1. The molecule has 0 fully saturated rings. The number of benzene rings is 1. The van der Waals surface area contributed by atoms with Crippen LogP contribution in [0.15, 0.2) is 18.2 Å². The van der Waals surface area contributed by atoms with Crippen molar-refractivity contribution >= 4 is 11.6 Å². The highest BCUT2D eigenvalue weighted by Crippen LogP contribution is 2.34. The van der Waals surface area contributed by atoms with E-state index in [1.165, 1.54) is 13.2 Å². The fourth-order valence-corrected chi connectivity index (χ4v) is 1.88. The summed E-state index contributed by atoms with van der Waals surface area (Å²) in [5.74, 6) is 0.160. The Balaban J connectivity index is 2.36. The van der Waals surface area contributed by atoms with E-state index in [-0.39, 0.29) is 30.1 Å². The van der Waals surface area contributed by atoms with Crippen LogP contribution < -0.4 is 5.32 Å². The first-order chi connectivity index (χ1) is 10.8. The number of aromatic amines is 1. The summed E-state index contributed by atoms with van der Waals surface area (Å²) >= 11 is 0. The molecule has 1 aromatic heterocycles. The Morgan fingerprint density at radius 3 is 2.65 bits per heavy atom. The number of amides is 1. The van der Waals surface area contributed by atoms with Crippen molar-refractivity contribution < 1.29 is 22.7 Å². The minimum Gasteiger partial charge on any atom is -0.384 e. The highest BCUT2D eigenvalue weighted by atomic mass is 19.4. The lowest BCUT2D eigenvalue weighted by molar-refractivity contribution is -0.137. The molecule has 1 aromatic carbocycles. The SMILES string of the molecule is COCCC(=O)Nc1cc(-c2n[nH]c(C)n2)cc(C(F)(F)F)c1. The van der Waals surface area contributed by atoms with Gasteiger partial charge in [0.1, 0.15) is 5.82 Å². The van der Waals surface area contributed by atoms with Gasteiger partial charge in [-0.3, -0.25) is 9.89 Å². The first kappa shape index (κ1) is 16.9. The highest BCUT2D eigenvalue weighted by Gasteiger charge is 2.31. The van der Waals surface area contributed by atoms with Crippen LogP contribution in [-0.2, 0) is 15.7 Å². The molecule has 124 valence electrons. The Bertz CT molecular complexity index is 698. The largest absolute Gasteiger partial charge is 0.416 e. The van der Waals surface area contributed by atoms with Crippen LogP contribution in [0, 0.1) is 6.92 Å². The summed E-state index contributed by atoms with van der Waals surface area (Å²) in [6, 6.07) is 3.20. The van der Waals surface area contributed by atoms with Crippen molar-refractivity contribution in [3.8, 4) is 11.4 Å². The maximum atomic E-state index is 13.0. The minimum absolute atomic E-state index is 0.0263. The summed E-state index contributed by atoms with van der Waals surface area (Å²) in [6.07, 6.45) is -4.50. The Morgan fingerprint density at radius 1 is 1.35 bits per heavy atom. The van der Waals surface area contributed by atoms with Crippen molar-refractivity contribution in [2.24, 2.45) is 0 Å². The van der Waals surface area contributed by atoms with E-state index in [0.29, 0.717) is 5.82 Å². The number of nitrogens with one attached hydrogen (secondary N) is 2. The van der Waals surface area contributed by atoms with Gasteiger partial charge in [-0.15, -0.1) is 0 Å². The molecule has 0 radical (unpaired) electrons. The third-order valence-corrected chi connectivity index (χ3v) is 2.93. The number of halogens is 3. The number of aromatic nitrogens is 3. The maximum Gasteiger partial charge on any atom is 0.416 e. The smallest absolute Gasteiger partial charge is 0.384 e. The molecule has 0 atom stereocenters. The quantitative estimate of drug-likeness (QED) is 0.884. The third-order valence-electron chi connectivity index (χ3n) is 2.93. The van der Waals surface area contributed by atoms with Gasteiger partial charge in [0.15, 0.2) is 5.82 Å². The van der Waals surface area contributed by atoms with Gasteiger partial charge in [0.2, 0.25) is 5.91 Å². The molecule has 0 unspecified atom stereocenters. The standard InChI is InChI=1S/C14H15F3N4O2/c1-8-18-13(21-20-8)9-5-10(14(15,16)17)7-11(6-9)19-12(22)3-4-23-2/h5-7H,3-4H2,1-2H3,(H,19,22)(H,18,20,21). The number of anilines is 1. The summed E-state index contributed by atoms with van der Waals surface area (Å²) in [5, 5.41) is 8.83. The Labute approximate surface area is 130 Å². The molecule has 0 bridgehead atoms. The lowest BCUT2D eigenvalue weighted by atomic mass is 10.1. The molecule has 0 aliphatic carbocycles. The van der Waals surface area contributed by atoms with Gasteiger partial charge in [-0.25, -0.2) is 4.98 Å². The molecule has 0 aliphatic rings. The van der Waals surface area contributed by atoms with Crippen LogP contribution in [-0.4, -0.2) is 34.8 Å². The average molecular weight is 328 g/mol. The summed E-state index contributed by atoms with van der Waals surface area (Å²) < 4.78 is 43.8. The summed E-state index contributed by atoms with van der Waals surface area (Å²) in [6.45, 7) is 1.81. The molecule has 2 aromatic rings. The van der Waals surface area contributed by atoms with E-state index in [2.05, 4.69) is 20.5 Å². The normalized spacial score (nSPS) is 11.5. The number of nitrogens with zero attached hydrogens (tertiary/aromatic N) is 2. The molecule has 6 nitrogen and oxygen atoms in total. The molecule has 23 heavy (non-hydrogen) atoms. The predicted octanol–water partition coefficient (Wildman–Crippen LogP) is 2.77. The van der Waals surface area contributed by atoms with Crippen LogP contribution in [0.2, 0.25) is 0 Å². The first-order valence-corrected chi connectivity index (χ1v) is 6.70.